The summed E-state index contributed by atoms with van der Waals surface area (Å²) in [5.74, 6) is 0. The van der Waals surface area contributed by atoms with Crippen LogP contribution in [0.5, 0.6) is 0 Å². The van der Waals surface area contributed by atoms with Crippen molar-refractivity contribution in [2.75, 3.05) is 27.4 Å². The lowest BCUT2D eigenvalue weighted by atomic mass is 10.1. The van der Waals surface area contributed by atoms with Crippen LogP contribution in [0.15, 0.2) is 30.3 Å². The maximum absolute atomic E-state index is 5.34. The van der Waals surface area contributed by atoms with E-state index in [-0.39, 0.29) is 6.10 Å². The molecule has 1 unspecified atom stereocenters. The van der Waals surface area contributed by atoms with Crippen LogP contribution in [0.2, 0.25) is 0 Å². The fourth-order valence-electron chi connectivity index (χ4n) is 2.31. The minimum absolute atomic E-state index is 0.0780. The molecule has 0 amide bonds. The molecule has 2 rings (SSSR count). The van der Waals surface area contributed by atoms with Gasteiger partial charge >= 0.3 is 0 Å². The number of hydrogen-bond acceptors (Lipinski definition) is 4. The summed E-state index contributed by atoms with van der Waals surface area (Å²) >= 11 is 0. The highest BCUT2D eigenvalue weighted by molar-refractivity contribution is 5.82. The second-order valence-electron chi connectivity index (χ2n) is 4.88. The summed E-state index contributed by atoms with van der Waals surface area (Å²) in [4.78, 5) is 4.55. The van der Waals surface area contributed by atoms with Gasteiger partial charge < -0.3 is 14.8 Å². The molecule has 0 aliphatic carbocycles. The van der Waals surface area contributed by atoms with E-state index in [4.69, 9.17) is 9.47 Å². The van der Waals surface area contributed by atoms with Gasteiger partial charge in [-0.15, -0.1) is 0 Å². The molecule has 1 atom stereocenters. The van der Waals surface area contributed by atoms with Crippen LogP contribution in [0.4, 0.5) is 0 Å². The number of para-hydroxylation sites is 1. The van der Waals surface area contributed by atoms with Crippen LogP contribution in [0.1, 0.15) is 11.3 Å². The zero-order chi connectivity index (χ0) is 14.4. The van der Waals surface area contributed by atoms with E-state index >= 15 is 0 Å². The molecule has 4 nitrogen and oxygen atoms in total. The van der Waals surface area contributed by atoms with Gasteiger partial charge in [-0.05, 0) is 24.6 Å². The molecule has 0 radical (unpaired) electrons. The number of methoxy groups -OCH3 is 2. The van der Waals surface area contributed by atoms with E-state index < -0.39 is 0 Å². The molecule has 1 N–H and O–H groups in total. The van der Waals surface area contributed by atoms with Crippen molar-refractivity contribution < 1.29 is 9.47 Å². The third-order valence-electron chi connectivity index (χ3n) is 3.30. The Balaban J connectivity index is 2.06. The number of benzene rings is 1. The lowest BCUT2D eigenvalue weighted by Gasteiger charge is -2.15. The van der Waals surface area contributed by atoms with E-state index in [9.17, 15) is 0 Å². The van der Waals surface area contributed by atoms with E-state index in [0.29, 0.717) is 6.61 Å². The third-order valence-corrected chi connectivity index (χ3v) is 3.30. The number of nitrogens with zero attached hydrogens (tertiary/aromatic N) is 1. The largest absolute Gasteiger partial charge is 0.382 e. The quantitative estimate of drug-likeness (QED) is 0.841. The Morgan fingerprint density at radius 2 is 2.05 bits per heavy atom. The van der Waals surface area contributed by atoms with Crippen molar-refractivity contribution in [3.63, 3.8) is 0 Å². The molecule has 108 valence electrons. The number of rotatable bonds is 7. The Bertz CT molecular complexity index is 557. The number of ether oxygens (including phenoxy) is 2. The molecule has 0 fully saturated rings. The van der Waals surface area contributed by atoms with Crippen molar-refractivity contribution in [1.29, 1.82) is 0 Å². The van der Waals surface area contributed by atoms with Crippen molar-refractivity contribution in [3.8, 4) is 0 Å². The summed E-state index contributed by atoms with van der Waals surface area (Å²) < 4.78 is 10.5. The number of nitrogens with one attached hydrogen (secondary N) is 1. The smallest absolute Gasteiger partial charge is 0.0928 e. The van der Waals surface area contributed by atoms with Gasteiger partial charge in [0.2, 0.25) is 0 Å². The number of pyridine rings is 1. The van der Waals surface area contributed by atoms with Crippen molar-refractivity contribution in [1.82, 2.24) is 10.3 Å². The van der Waals surface area contributed by atoms with Crippen molar-refractivity contribution in [3.05, 3.63) is 41.6 Å². The lowest BCUT2D eigenvalue weighted by Crippen LogP contribution is -2.31. The van der Waals surface area contributed by atoms with Crippen LogP contribution in [-0.4, -0.2) is 38.5 Å². The Hall–Kier alpha value is -1.49. The predicted octanol–water partition coefficient (Wildman–Crippen LogP) is 2.29. The van der Waals surface area contributed by atoms with Crippen LogP contribution < -0.4 is 5.32 Å². The fraction of sp³-hybridized carbons (Fsp3) is 0.438. The second kappa shape index (κ2) is 7.33. The summed E-state index contributed by atoms with van der Waals surface area (Å²) in [6, 6.07) is 10.4. The van der Waals surface area contributed by atoms with Gasteiger partial charge in [-0.2, -0.15) is 0 Å². The van der Waals surface area contributed by atoms with Crippen molar-refractivity contribution in [2.24, 2.45) is 0 Å². The first-order valence-electron chi connectivity index (χ1n) is 6.82. The molecule has 1 heterocycles. The molecule has 0 aliphatic rings. The van der Waals surface area contributed by atoms with E-state index in [1.165, 1.54) is 10.9 Å². The zero-order valence-corrected chi connectivity index (χ0v) is 12.3. The number of aryl methyl sites for hydroxylation is 1. The summed E-state index contributed by atoms with van der Waals surface area (Å²) in [6.45, 7) is 4.19. The Morgan fingerprint density at radius 3 is 2.80 bits per heavy atom. The summed E-state index contributed by atoms with van der Waals surface area (Å²) in [6.07, 6.45) is 0.0780. The summed E-state index contributed by atoms with van der Waals surface area (Å²) in [5.41, 5.74) is 3.35. The van der Waals surface area contributed by atoms with Gasteiger partial charge in [0, 0.05) is 38.4 Å². The highest BCUT2D eigenvalue weighted by Gasteiger charge is 2.07. The van der Waals surface area contributed by atoms with Gasteiger partial charge in [0.25, 0.3) is 0 Å². The molecule has 0 bridgehead atoms. The van der Waals surface area contributed by atoms with Gasteiger partial charge in [-0.25, -0.2) is 0 Å². The highest BCUT2D eigenvalue weighted by Crippen LogP contribution is 2.17. The topological polar surface area (TPSA) is 43.4 Å². The molecule has 20 heavy (non-hydrogen) atoms. The Morgan fingerprint density at radius 1 is 1.25 bits per heavy atom. The second-order valence-corrected chi connectivity index (χ2v) is 4.88. The van der Waals surface area contributed by atoms with Crippen LogP contribution >= 0.6 is 0 Å². The first-order chi connectivity index (χ1) is 9.74. The number of hydrogen-bond donors (Lipinski definition) is 1. The summed E-state index contributed by atoms with van der Waals surface area (Å²) in [5, 5.41) is 4.62. The van der Waals surface area contributed by atoms with Gasteiger partial charge in [-0.1, -0.05) is 18.2 Å². The van der Waals surface area contributed by atoms with Gasteiger partial charge in [0.1, 0.15) is 0 Å². The molecule has 0 saturated carbocycles. The minimum atomic E-state index is 0.0780. The van der Waals surface area contributed by atoms with E-state index in [0.717, 1.165) is 24.3 Å². The van der Waals surface area contributed by atoms with Gasteiger partial charge in [0.05, 0.1) is 18.2 Å². The predicted molar refractivity (Wildman–Crippen MR) is 80.9 cm³/mol. The molecular weight excluding hydrogens is 252 g/mol. The van der Waals surface area contributed by atoms with Crippen LogP contribution in [0, 0.1) is 6.92 Å². The minimum Gasteiger partial charge on any atom is -0.382 e. The van der Waals surface area contributed by atoms with Crippen molar-refractivity contribution >= 4 is 10.9 Å². The normalized spacial score (nSPS) is 12.8. The first-order valence-corrected chi connectivity index (χ1v) is 6.82. The van der Waals surface area contributed by atoms with E-state index in [1.54, 1.807) is 14.2 Å². The molecular formula is C16H22N2O2. The average Bonchev–Trinajstić information content (AvgIpc) is 2.46. The Labute approximate surface area is 120 Å². The summed E-state index contributed by atoms with van der Waals surface area (Å²) in [7, 11) is 3.39. The molecule has 1 aromatic heterocycles. The maximum Gasteiger partial charge on any atom is 0.0928 e. The molecule has 0 spiro atoms. The number of aromatic nitrogens is 1. The van der Waals surface area contributed by atoms with Crippen LogP contribution in [0.25, 0.3) is 10.9 Å². The number of fused-ring (bicyclic) bond motifs is 1. The van der Waals surface area contributed by atoms with E-state index in [2.05, 4.69) is 28.5 Å². The SMILES string of the molecule is COCC(CNCc1cc(C)nc2ccccc12)OC. The molecule has 1 aromatic carbocycles. The first kappa shape index (κ1) is 14.9. The Kier molecular flexibility index (Phi) is 5.47. The van der Waals surface area contributed by atoms with Crippen LogP contribution in [-0.2, 0) is 16.0 Å². The lowest BCUT2D eigenvalue weighted by molar-refractivity contribution is 0.0288. The highest BCUT2D eigenvalue weighted by atomic mass is 16.5. The van der Waals surface area contributed by atoms with E-state index in [1.807, 2.05) is 19.1 Å². The van der Waals surface area contributed by atoms with Gasteiger partial charge in [0.15, 0.2) is 0 Å². The monoisotopic (exact) mass is 274 g/mol. The zero-order valence-electron chi connectivity index (χ0n) is 12.3. The maximum atomic E-state index is 5.34. The average molecular weight is 274 g/mol. The molecule has 4 heteroatoms. The fourth-order valence-corrected chi connectivity index (χ4v) is 2.31. The third kappa shape index (κ3) is 3.76. The molecule has 0 aliphatic heterocycles. The molecule has 2 aromatic rings. The van der Waals surface area contributed by atoms with Gasteiger partial charge in [-0.3, -0.25) is 4.98 Å². The van der Waals surface area contributed by atoms with Crippen LogP contribution in [0.3, 0.4) is 0 Å². The van der Waals surface area contributed by atoms with Crippen molar-refractivity contribution in [2.45, 2.75) is 19.6 Å². The standard InChI is InChI=1S/C16H22N2O2/c1-12-8-13(9-17-10-14(20-3)11-19-2)15-6-4-5-7-16(15)18-12/h4-8,14,17H,9-11H2,1-3H3. The molecule has 0 saturated heterocycles.